The van der Waals surface area contributed by atoms with E-state index in [-0.39, 0.29) is 30.2 Å². The summed E-state index contributed by atoms with van der Waals surface area (Å²) in [5, 5.41) is 65.1. The average molecular weight is 2070 g/mol. The molecule has 148 heavy (non-hydrogen) atoms. The van der Waals surface area contributed by atoms with Crippen LogP contribution in [0.25, 0.3) is 0 Å². The lowest BCUT2D eigenvalue weighted by Crippen LogP contribution is -2.50. The molecule has 6 aliphatic rings. The van der Waals surface area contributed by atoms with Gasteiger partial charge in [0.1, 0.15) is 0 Å². The summed E-state index contributed by atoms with van der Waals surface area (Å²) in [6.07, 6.45) is 23.5. The van der Waals surface area contributed by atoms with E-state index in [1.165, 1.54) is 185 Å². The summed E-state index contributed by atoms with van der Waals surface area (Å²) in [7, 11) is 19.7. The number of piperazine rings is 2. The minimum Gasteiger partial charge on any atom is -0.388 e. The number of nitrogens with zero attached hydrogens (tertiary/aromatic N) is 7. The molecule has 33 heteroatoms. The molecule has 0 unspecified atom stereocenters. The van der Waals surface area contributed by atoms with E-state index >= 15 is 0 Å². The van der Waals surface area contributed by atoms with E-state index in [1.807, 2.05) is 144 Å². The van der Waals surface area contributed by atoms with E-state index in [0.29, 0.717) is 26.3 Å². The van der Waals surface area contributed by atoms with Crippen molar-refractivity contribution in [2.75, 3.05) is 325 Å². The van der Waals surface area contributed by atoms with Crippen molar-refractivity contribution in [2.24, 2.45) is 0 Å². The Morgan fingerprint density at radius 1 is 0.277 bits per heavy atom. The lowest BCUT2D eigenvalue weighted by Gasteiger charge is -2.34. The van der Waals surface area contributed by atoms with Crippen LogP contribution in [0.4, 0.5) is 81.7 Å². The van der Waals surface area contributed by atoms with Gasteiger partial charge in [0.05, 0.1) is 13.2 Å². The van der Waals surface area contributed by atoms with Crippen LogP contribution >= 0.6 is 0 Å². The third-order valence-corrected chi connectivity index (χ3v) is 26.2. The Bertz CT molecular complexity index is 4090. The molecule has 0 radical (unpaired) electrons. The van der Waals surface area contributed by atoms with Crippen molar-refractivity contribution in [1.29, 1.82) is 0 Å². The Hall–Kier alpha value is -9.56. The molecular weight excluding hydrogens is 1850 g/mol. The topological polar surface area (TPSA) is 353 Å². The number of likely N-dealkylation sites (N-methyl/N-ethyl adjacent to an activating group) is 2. The summed E-state index contributed by atoms with van der Waals surface area (Å²) in [4.78, 5) is 64.1. The van der Waals surface area contributed by atoms with Gasteiger partial charge in [-0.1, -0.05) is 81.4 Å². The van der Waals surface area contributed by atoms with Crippen molar-refractivity contribution in [2.45, 2.75) is 228 Å². The third kappa shape index (κ3) is 64.9. The Morgan fingerprint density at radius 2 is 0.595 bits per heavy atom. The van der Waals surface area contributed by atoms with Crippen LogP contribution in [0.5, 0.6) is 0 Å². The molecular formula is C115H210N28O5. The highest BCUT2D eigenvalue weighted by atomic mass is 16.5. The van der Waals surface area contributed by atoms with E-state index in [2.05, 4.69) is 287 Å². The molecule has 0 aromatic heterocycles. The zero-order valence-electron chi connectivity index (χ0n) is 95.8. The van der Waals surface area contributed by atoms with Crippen LogP contribution < -0.4 is 112 Å². The van der Waals surface area contributed by atoms with Crippen LogP contribution in [-0.2, 0) is 11.3 Å². The standard InChI is InChI=1S/C16H26N4O.C15H26N4O2.C15H24N4O.C13H22N4O.C11H18N2.C10H22N2.C10H16N2.C9H20N2.2C8H18N2/c1-3-10-20-11-8-15(9-12-20)19-16(21)18-14-6-4-13(17-2)5-7-14;1-3-8-17-9-11-21-12-10-18-15(20)19-14-6-4-13(16-2)5-7-14;1-3-8-18-9-11-19(12-10-18)15(20)17-14-6-4-13(16-2)5-7-14;1-3-8-15-9-10-16-13(18)17-12-6-4-11(14-2)5-7-12;1-3-8-13-9-10-4-6-11(12-2)7-5-10;2*1-3-8-12-10-6-4-9(11-2)5-7-10;1-3-6-11-7-4-9(10-2)5-8-11;1-3-5-10-6-4-8(7-10)9-2;1-3-4-10-7-5-9(2)6-8-10/h4-7,15,17H,3,8-12H2,1-2H3,(H2,18,19,21);4-7,16-17H,3,8-12H2,1-2H3,(H2,18,19,20);4-7,16H,3,8-12H2,1-2H3,(H,17,20);4-7,14-15H,3,8-10H2,1-2H3,(H2,16,17,18);4-7,12-13H,3,8-9H2,1-2H3;9-12H,3-8H2,1-2H3;4-7,11-12H,3,8H2,1-2H3;9-10H,3-8H2,1-2H3;8-9H,3-7H2,1-2H3;3-8H2,1-2H3/t;;;;;;;;8-;/m........0./s1. The van der Waals surface area contributed by atoms with Crippen LogP contribution in [0, 0.1) is 0 Å². The number of benzene rings is 6. The first-order valence-electron chi connectivity index (χ1n) is 56.5. The van der Waals surface area contributed by atoms with E-state index < -0.39 is 0 Å². The second kappa shape index (κ2) is 88.1. The number of rotatable bonds is 47. The summed E-state index contributed by atoms with van der Waals surface area (Å²) in [5.74, 6) is 0. The smallest absolute Gasteiger partial charge is 0.321 e. The Kier molecular flexibility index (Phi) is 78.9. The number of ether oxygens (including phenoxy) is 1. The molecule has 1 aliphatic carbocycles. The second-order valence-corrected chi connectivity index (χ2v) is 38.5. The van der Waals surface area contributed by atoms with Crippen LogP contribution in [-0.4, -0.2) is 356 Å². The normalized spacial score (nSPS) is 16.4. The molecule has 840 valence electrons. The van der Waals surface area contributed by atoms with Gasteiger partial charge in [-0.2, -0.15) is 0 Å². The Balaban J connectivity index is 0.000000427. The van der Waals surface area contributed by atoms with Crippen LogP contribution in [0.1, 0.15) is 197 Å². The first-order valence-corrected chi connectivity index (χ1v) is 56.5. The summed E-state index contributed by atoms with van der Waals surface area (Å²) >= 11 is 0. The minimum atomic E-state index is -0.222. The van der Waals surface area contributed by atoms with Crippen molar-refractivity contribution in [3.8, 4) is 0 Å². The van der Waals surface area contributed by atoms with E-state index in [9.17, 15) is 19.2 Å². The number of urea groups is 4. The molecule has 6 aromatic carbocycles. The Morgan fingerprint density at radius 3 is 0.993 bits per heavy atom. The maximum Gasteiger partial charge on any atom is 0.321 e. The molecule has 6 fully saturated rings. The van der Waals surface area contributed by atoms with Crippen molar-refractivity contribution >= 4 is 86.7 Å². The molecule has 5 aliphatic heterocycles. The lowest BCUT2D eigenvalue weighted by molar-refractivity contribution is 0.139. The Labute approximate surface area is 897 Å². The maximum atomic E-state index is 12.2. The lowest BCUT2D eigenvalue weighted by atomic mass is 9.91. The van der Waals surface area contributed by atoms with Gasteiger partial charge in [0, 0.05) is 246 Å². The van der Waals surface area contributed by atoms with Gasteiger partial charge >= 0.3 is 24.1 Å². The quantitative estimate of drug-likeness (QED) is 0.0158. The highest BCUT2D eigenvalue weighted by molar-refractivity contribution is 5.91. The molecule has 6 aromatic rings. The fourth-order valence-corrected chi connectivity index (χ4v) is 17.1. The molecule has 1 atom stereocenters. The zero-order valence-corrected chi connectivity index (χ0v) is 95.8. The number of carbonyl (C=O) groups is 4. The number of piperidine rings is 2. The monoisotopic (exact) mass is 2060 g/mol. The first-order chi connectivity index (χ1) is 72.1. The molecule has 0 bridgehead atoms. The fourth-order valence-electron chi connectivity index (χ4n) is 17.1. The predicted molar refractivity (Wildman–Crippen MR) is 638 cm³/mol. The van der Waals surface area contributed by atoms with Gasteiger partial charge in [-0.3, -0.25) is 4.90 Å². The maximum absolute atomic E-state index is 12.2. The SMILES string of the molecule is CCCN1CCC(NC(=O)Nc2ccc(NC)cc2)CC1.CCCN1CCC(NC)CC1.CCCN1CCN(C(=O)Nc2ccc(NC)cc2)CC1.CCCN1CCN(C)CC1.CCCN1CC[C@H](NC)C1.CCCNC1CCC(NC)CC1.CCCNCCNC(=O)Nc1ccc(NC)cc1.CCCNCCOCCNC(=O)Nc1ccc(NC)cc1.CCCNCc1ccc(NC)cc1.CCCNc1ccc(NC)cc1. The number of hydrogen-bond acceptors (Lipinski definition) is 25. The summed E-state index contributed by atoms with van der Waals surface area (Å²) < 4.78 is 5.40. The number of amides is 8. The van der Waals surface area contributed by atoms with Crippen LogP contribution in [0.3, 0.4) is 0 Å². The molecule has 0 spiro atoms. The molecule has 5 saturated heterocycles. The van der Waals surface area contributed by atoms with Crippen LogP contribution in [0.15, 0.2) is 146 Å². The van der Waals surface area contributed by atoms with Gasteiger partial charge in [-0.05, 0) is 368 Å². The number of nitrogens with one attached hydrogen (secondary N) is 21. The highest BCUT2D eigenvalue weighted by Crippen LogP contribution is 2.22. The highest BCUT2D eigenvalue weighted by Gasteiger charge is 2.25. The number of carbonyl (C=O) groups excluding carboxylic acids is 4. The van der Waals surface area contributed by atoms with Crippen molar-refractivity contribution < 1.29 is 23.9 Å². The van der Waals surface area contributed by atoms with Gasteiger partial charge in [-0.15, -0.1) is 0 Å². The molecule has 21 N–H and O–H groups in total. The fraction of sp³-hybridized carbons (Fsp3) is 0.652. The number of likely N-dealkylation sites (tertiary alicyclic amines) is 3. The van der Waals surface area contributed by atoms with E-state index in [0.717, 1.165) is 206 Å². The molecule has 1 saturated carbocycles. The third-order valence-electron chi connectivity index (χ3n) is 26.2. The molecule has 33 nitrogen and oxygen atoms in total. The summed E-state index contributed by atoms with van der Waals surface area (Å²) in [6, 6.07) is 50.2. The van der Waals surface area contributed by atoms with Crippen molar-refractivity contribution in [3.05, 3.63) is 151 Å². The summed E-state index contributed by atoms with van der Waals surface area (Å²) in [5.41, 5.74) is 12.1. The van der Waals surface area contributed by atoms with Gasteiger partial charge in [0.2, 0.25) is 0 Å². The van der Waals surface area contributed by atoms with Gasteiger partial charge in [0.15, 0.2) is 0 Å². The van der Waals surface area contributed by atoms with Gasteiger partial charge in [-0.25, -0.2) is 19.2 Å². The van der Waals surface area contributed by atoms with Crippen molar-refractivity contribution in [3.63, 3.8) is 0 Å². The molecule has 5 heterocycles. The number of anilines is 11. The van der Waals surface area contributed by atoms with Gasteiger partial charge in [0.25, 0.3) is 0 Å². The number of hydrogen-bond donors (Lipinski definition) is 21. The molecule has 12 rings (SSSR count). The van der Waals surface area contributed by atoms with Crippen molar-refractivity contribution in [1.82, 2.24) is 87.5 Å². The largest absolute Gasteiger partial charge is 0.388 e. The molecule has 8 amide bonds. The van der Waals surface area contributed by atoms with E-state index in [4.69, 9.17) is 4.74 Å². The zero-order chi connectivity index (χ0) is 108. The van der Waals surface area contributed by atoms with Gasteiger partial charge < -0.3 is 146 Å². The second-order valence-electron chi connectivity index (χ2n) is 38.5. The first kappa shape index (κ1) is 133. The predicted octanol–water partition coefficient (Wildman–Crippen LogP) is 17.4. The summed E-state index contributed by atoms with van der Waals surface area (Å²) in [6.45, 7) is 54.2. The van der Waals surface area contributed by atoms with E-state index in [1.54, 1.807) is 0 Å². The average Bonchev–Trinajstić information content (AvgIpc) is 1.28. The minimum absolute atomic E-state index is 0.00152. The van der Waals surface area contributed by atoms with Crippen LogP contribution in [0.2, 0.25) is 0 Å².